The Labute approximate surface area is 109 Å². The minimum Gasteiger partial charge on any atom is -0.388 e. The highest BCUT2D eigenvalue weighted by atomic mass is 16.3. The van der Waals surface area contributed by atoms with Crippen molar-refractivity contribution in [3.8, 4) is 0 Å². The van der Waals surface area contributed by atoms with Crippen LogP contribution in [0.4, 0.5) is 0 Å². The van der Waals surface area contributed by atoms with Gasteiger partial charge < -0.3 is 31.4 Å². The summed E-state index contributed by atoms with van der Waals surface area (Å²) in [4.78, 5) is 43.6. The molecule has 0 saturated heterocycles. The van der Waals surface area contributed by atoms with E-state index in [1.165, 1.54) is 0 Å². The number of carbonyl (C=O) groups excluding carboxylic acids is 4. The molecule has 0 aromatic rings. The third-order valence-electron chi connectivity index (χ3n) is 2.26. The third-order valence-corrected chi connectivity index (χ3v) is 2.26. The summed E-state index contributed by atoms with van der Waals surface area (Å²) in [5, 5.41) is 23.4. The number of aliphatic hydroxyl groups is 2. The first kappa shape index (κ1) is 17.0. The topological polar surface area (TPSA) is 159 Å². The normalized spacial score (nSPS) is 16.6. The molecule has 3 amide bonds. The van der Waals surface area contributed by atoms with E-state index in [1.54, 1.807) is 0 Å². The van der Waals surface area contributed by atoms with Crippen molar-refractivity contribution >= 4 is 24.0 Å². The van der Waals surface area contributed by atoms with Crippen molar-refractivity contribution in [2.45, 2.75) is 38.1 Å². The summed E-state index contributed by atoms with van der Waals surface area (Å²) >= 11 is 0. The Bertz CT molecular complexity index is 372. The maximum Gasteiger partial charge on any atom is 0.249 e. The van der Waals surface area contributed by atoms with Crippen molar-refractivity contribution in [3.63, 3.8) is 0 Å². The Morgan fingerprint density at radius 1 is 1.11 bits per heavy atom. The molecule has 0 saturated carbocycles. The van der Waals surface area contributed by atoms with Crippen molar-refractivity contribution in [1.82, 2.24) is 10.6 Å². The molecule has 0 heterocycles. The van der Waals surface area contributed by atoms with E-state index in [0.717, 1.165) is 13.8 Å². The van der Waals surface area contributed by atoms with E-state index in [9.17, 15) is 29.4 Å². The number of nitrogens with two attached hydrogens (primary N) is 1. The van der Waals surface area contributed by atoms with Gasteiger partial charge in [0.05, 0.1) is 6.04 Å². The number of amides is 3. The van der Waals surface area contributed by atoms with Crippen molar-refractivity contribution in [3.05, 3.63) is 0 Å². The lowest BCUT2D eigenvalue weighted by molar-refractivity contribution is -0.136. The summed E-state index contributed by atoms with van der Waals surface area (Å²) in [6, 6.07) is -2.70. The molecule has 0 bridgehead atoms. The van der Waals surface area contributed by atoms with Crippen LogP contribution in [0.5, 0.6) is 0 Å². The molecule has 0 aliphatic rings. The van der Waals surface area contributed by atoms with E-state index in [0.29, 0.717) is 0 Å². The van der Waals surface area contributed by atoms with Crippen LogP contribution < -0.4 is 16.4 Å². The average molecular weight is 275 g/mol. The molecule has 108 valence electrons. The zero-order chi connectivity index (χ0) is 15.2. The fourth-order valence-electron chi connectivity index (χ4n) is 1.43. The van der Waals surface area contributed by atoms with Crippen molar-refractivity contribution in [2.75, 3.05) is 0 Å². The maximum absolute atomic E-state index is 11.0. The predicted octanol–water partition coefficient (Wildman–Crippen LogP) is -3.60. The van der Waals surface area contributed by atoms with Crippen molar-refractivity contribution in [1.29, 1.82) is 0 Å². The zero-order valence-corrected chi connectivity index (χ0v) is 10.5. The molecule has 0 rings (SSSR count). The second kappa shape index (κ2) is 7.44. The van der Waals surface area contributed by atoms with Gasteiger partial charge in [0, 0.05) is 13.8 Å². The van der Waals surface area contributed by atoms with Crippen LogP contribution in [-0.4, -0.2) is 58.5 Å². The Kier molecular flexibility index (Phi) is 6.66. The molecule has 0 aromatic heterocycles. The van der Waals surface area contributed by atoms with Crippen LogP contribution in [0.2, 0.25) is 0 Å². The Hall–Kier alpha value is -2.00. The van der Waals surface area contributed by atoms with Gasteiger partial charge in [-0.05, 0) is 0 Å². The number of carbonyl (C=O) groups is 4. The molecule has 0 fully saturated rings. The summed E-state index contributed by atoms with van der Waals surface area (Å²) in [6.45, 7) is 2.23. The lowest BCUT2D eigenvalue weighted by Gasteiger charge is -2.30. The Balaban J connectivity index is 5.16. The number of hydrogen-bond donors (Lipinski definition) is 5. The summed E-state index contributed by atoms with van der Waals surface area (Å²) in [6.07, 6.45) is -3.57. The van der Waals surface area contributed by atoms with Gasteiger partial charge in [-0.1, -0.05) is 0 Å². The quantitative estimate of drug-likeness (QED) is 0.302. The van der Waals surface area contributed by atoms with Gasteiger partial charge in [0.25, 0.3) is 0 Å². The molecule has 0 unspecified atom stereocenters. The molecule has 0 radical (unpaired) electrons. The van der Waals surface area contributed by atoms with Crippen molar-refractivity contribution in [2.24, 2.45) is 5.73 Å². The van der Waals surface area contributed by atoms with E-state index in [2.05, 4.69) is 10.6 Å². The van der Waals surface area contributed by atoms with Crippen LogP contribution in [0.15, 0.2) is 0 Å². The van der Waals surface area contributed by atoms with Crippen LogP contribution in [0, 0.1) is 0 Å². The third kappa shape index (κ3) is 5.44. The number of hydrogen-bond acceptors (Lipinski definition) is 6. The fourth-order valence-corrected chi connectivity index (χ4v) is 1.43. The van der Waals surface area contributed by atoms with Crippen LogP contribution in [0.3, 0.4) is 0 Å². The minimum absolute atomic E-state index is 0.263. The van der Waals surface area contributed by atoms with E-state index in [4.69, 9.17) is 5.73 Å². The number of rotatable bonds is 7. The summed E-state index contributed by atoms with van der Waals surface area (Å²) < 4.78 is 0. The monoisotopic (exact) mass is 275 g/mol. The summed E-state index contributed by atoms with van der Waals surface area (Å²) in [5.74, 6) is -2.44. The molecule has 0 aliphatic heterocycles. The van der Waals surface area contributed by atoms with Gasteiger partial charge >= 0.3 is 0 Å². The molecule has 0 spiro atoms. The standard InChI is InChI=1S/C10H17N3O6/c1-4(15)12-6(3-14)7(13-5(2)16)8(17)9(18)10(11)19/h3,6-9,17-18H,1-2H3,(H2,11,19)(H,12,15)(H,13,16)/t6-,7+,8-,9-/m0/s1. The van der Waals surface area contributed by atoms with Crippen LogP contribution >= 0.6 is 0 Å². The van der Waals surface area contributed by atoms with Crippen LogP contribution in [0.25, 0.3) is 0 Å². The summed E-state index contributed by atoms with van der Waals surface area (Å²) in [5.41, 5.74) is 4.81. The second-order valence-electron chi connectivity index (χ2n) is 3.93. The highest BCUT2D eigenvalue weighted by molar-refractivity contribution is 5.81. The highest BCUT2D eigenvalue weighted by Gasteiger charge is 2.36. The van der Waals surface area contributed by atoms with Crippen LogP contribution in [0.1, 0.15) is 13.8 Å². The number of primary amides is 1. The molecule has 0 aromatic carbocycles. The number of aldehydes is 1. The Morgan fingerprint density at radius 2 is 1.58 bits per heavy atom. The first-order valence-electron chi connectivity index (χ1n) is 5.35. The zero-order valence-electron chi connectivity index (χ0n) is 10.5. The smallest absolute Gasteiger partial charge is 0.249 e. The van der Waals surface area contributed by atoms with Gasteiger partial charge in [-0.15, -0.1) is 0 Å². The molecular weight excluding hydrogens is 258 g/mol. The highest BCUT2D eigenvalue weighted by Crippen LogP contribution is 2.05. The van der Waals surface area contributed by atoms with Crippen molar-refractivity contribution < 1.29 is 29.4 Å². The van der Waals surface area contributed by atoms with Gasteiger partial charge in [0.2, 0.25) is 17.7 Å². The number of nitrogens with one attached hydrogen (secondary N) is 2. The van der Waals surface area contributed by atoms with Gasteiger partial charge in [0.15, 0.2) is 6.10 Å². The van der Waals surface area contributed by atoms with E-state index in [1.807, 2.05) is 0 Å². The van der Waals surface area contributed by atoms with E-state index >= 15 is 0 Å². The van der Waals surface area contributed by atoms with Gasteiger partial charge in [-0.25, -0.2) is 0 Å². The first-order valence-corrected chi connectivity index (χ1v) is 5.35. The molecule has 4 atom stereocenters. The molecule has 9 nitrogen and oxygen atoms in total. The second-order valence-corrected chi connectivity index (χ2v) is 3.93. The molecule has 0 aliphatic carbocycles. The molecular formula is C10H17N3O6. The van der Waals surface area contributed by atoms with E-state index < -0.39 is 42.0 Å². The van der Waals surface area contributed by atoms with Gasteiger partial charge in [0.1, 0.15) is 18.4 Å². The van der Waals surface area contributed by atoms with E-state index in [-0.39, 0.29) is 6.29 Å². The van der Waals surface area contributed by atoms with Gasteiger partial charge in [-0.3, -0.25) is 14.4 Å². The molecule has 6 N–H and O–H groups in total. The lowest BCUT2D eigenvalue weighted by atomic mass is 9.98. The van der Waals surface area contributed by atoms with Crippen LogP contribution in [-0.2, 0) is 19.2 Å². The number of aliphatic hydroxyl groups excluding tert-OH is 2. The first-order chi connectivity index (χ1) is 8.70. The lowest BCUT2D eigenvalue weighted by Crippen LogP contribution is -2.61. The minimum atomic E-state index is -1.99. The Morgan fingerprint density at radius 3 is 1.89 bits per heavy atom. The maximum atomic E-state index is 11.0. The molecule has 19 heavy (non-hydrogen) atoms. The molecule has 9 heteroatoms. The largest absolute Gasteiger partial charge is 0.388 e. The average Bonchev–Trinajstić information content (AvgIpc) is 2.30. The summed E-state index contributed by atoms with van der Waals surface area (Å²) in [7, 11) is 0. The SMILES string of the molecule is CC(=O)N[C@@H]([C@H](O)[C@H](O)C(N)=O)[C@H](C=O)NC(C)=O. The predicted molar refractivity (Wildman–Crippen MR) is 62.5 cm³/mol. The fraction of sp³-hybridized carbons (Fsp3) is 0.600. The van der Waals surface area contributed by atoms with Gasteiger partial charge in [-0.2, -0.15) is 0 Å².